The number of sulfonamides is 2. The Morgan fingerprint density at radius 1 is 0.810 bits per heavy atom. The van der Waals surface area contributed by atoms with E-state index < -0.39 is 52.8 Å². The van der Waals surface area contributed by atoms with E-state index in [4.69, 9.17) is 9.47 Å². The molecule has 0 amide bonds. The smallest absolute Gasteiger partial charge is 0.238 e. The number of hydrogen-bond donors (Lipinski definition) is 2. The Hall–Kier alpha value is -3.62. The highest BCUT2D eigenvalue weighted by Gasteiger charge is 2.55. The lowest BCUT2D eigenvalue weighted by atomic mass is 10.0. The van der Waals surface area contributed by atoms with Gasteiger partial charge in [-0.3, -0.25) is 9.44 Å². The van der Waals surface area contributed by atoms with Crippen LogP contribution in [0.4, 0.5) is 28.9 Å². The van der Waals surface area contributed by atoms with Gasteiger partial charge in [-0.05, 0) is 142 Å². The van der Waals surface area contributed by atoms with E-state index in [0.717, 1.165) is 19.3 Å². The molecular formula is C42H40F4I2N2O6S2. The van der Waals surface area contributed by atoms with E-state index in [-0.39, 0.29) is 54.5 Å². The van der Waals surface area contributed by atoms with Crippen molar-refractivity contribution in [2.45, 2.75) is 60.9 Å². The minimum absolute atomic E-state index is 0.00270. The summed E-state index contributed by atoms with van der Waals surface area (Å²) in [5.74, 6) is -1.90. The summed E-state index contributed by atoms with van der Waals surface area (Å²) in [7, 11) is -7.51. The van der Waals surface area contributed by atoms with E-state index in [2.05, 4.69) is 22.6 Å². The molecule has 4 aromatic rings. The van der Waals surface area contributed by atoms with Crippen molar-refractivity contribution in [3.8, 4) is 11.5 Å². The lowest BCUT2D eigenvalue weighted by molar-refractivity contribution is 0.361. The first-order valence-corrected chi connectivity index (χ1v) is 23.3. The predicted molar refractivity (Wildman–Crippen MR) is 235 cm³/mol. The summed E-state index contributed by atoms with van der Waals surface area (Å²) in [6.45, 7) is 7.48. The summed E-state index contributed by atoms with van der Waals surface area (Å²) in [4.78, 5) is 0. The van der Waals surface area contributed by atoms with Crippen LogP contribution in [0.3, 0.4) is 0 Å². The SMILES string of the molecule is C=CCOc1cc(F)cc(Cc2ccc(I)cc2F)c1NS(=O)(=O)C1(CC=C)CC1.O=S1(=O)Nc2c(Cc3ccc(I)cc3F)cc(F)cc2OC/C=C/CC12CC2. The van der Waals surface area contributed by atoms with Crippen molar-refractivity contribution in [2.24, 2.45) is 0 Å². The van der Waals surface area contributed by atoms with Gasteiger partial charge in [-0.15, -0.1) is 6.58 Å². The van der Waals surface area contributed by atoms with E-state index in [9.17, 15) is 34.4 Å². The van der Waals surface area contributed by atoms with Crippen LogP contribution >= 0.6 is 45.2 Å². The van der Waals surface area contributed by atoms with Gasteiger partial charge in [-0.2, -0.15) is 0 Å². The lowest BCUT2D eigenvalue weighted by Gasteiger charge is -2.22. The van der Waals surface area contributed by atoms with Crippen molar-refractivity contribution in [1.82, 2.24) is 0 Å². The molecular weight excluding hydrogens is 1020 g/mol. The highest BCUT2D eigenvalue weighted by Crippen LogP contribution is 2.50. The Morgan fingerprint density at radius 3 is 1.98 bits per heavy atom. The fourth-order valence-corrected chi connectivity index (χ4v) is 10.9. The fraction of sp³-hybridized carbons (Fsp3) is 0.286. The molecule has 58 heavy (non-hydrogen) atoms. The summed E-state index contributed by atoms with van der Waals surface area (Å²) in [6.07, 6.45) is 9.52. The van der Waals surface area contributed by atoms with E-state index in [1.807, 2.05) is 45.2 Å². The Labute approximate surface area is 363 Å². The van der Waals surface area contributed by atoms with Gasteiger partial charge < -0.3 is 9.47 Å². The molecule has 2 aliphatic carbocycles. The van der Waals surface area contributed by atoms with Crippen molar-refractivity contribution < 1.29 is 43.9 Å². The van der Waals surface area contributed by atoms with Crippen molar-refractivity contribution >= 4 is 76.6 Å². The Balaban J connectivity index is 0.000000196. The molecule has 1 heterocycles. The molecule has 2 saturated carbocycles. The number of rotatable bonds is 12. The Kier molecular flexibility index (Phi) is 13.6. The molecule has 0 unspecified atom stereocenters. The zero-order chi connectivity index (χ0) is 41.9. The summed E-state index contributed by atoms with van der Waals surface area (Å²) < 4.78 is 126. The number of fused-ring (bicyclic) bond motifs is 1. The topological polar surface area (TPSA) is 111 Å². The van der Waals surface area contributed by atoms with Crippen LogP contribution in [0.1, 0.15) is 60.8 Å². The number of anilines is 2. The predicted octanol–water partition coefficient (Wildman–Crippen LogP) is 10.3. The molecule has 1 aliphatic heterocycles. The molecule has 0 saturated heterocycles. The Bertz CT molecular complexity index is 2490. The second kappa shape index (κ2) is 17.9. The van der Waals surface area contributed by atoms with Crippen molar-refractivity contribution in [2.75, 3.05) is 22.7 Å². The first kappa shape index (κ1) is 43.9. The van der Waals surface area contributed by atoms with Crippen LogP contribution in [0, 0.1) is 30.4 Å². The molecule has 2 fully saturated rings. The third-order valence-electron chi connectivity index (χ3n) is 10.2. The van der Waals surface area contributed by atoms with Gasteiger partial charge in [-0.1, -0.05) is 43.0 Å². The molecule has 8 nitrogen and oxygen atoms in total. The van der Waals surface area contributed by atoms with Crippen LogP contribution in [-0.2, 0) is 32.9 Å². The quantitative estimate of drug-likeness (QED) is 0.0831. The lowest BCUT2D eigenvalue weighted by Crippen LogP contribution is -2.30. The number of ether oxygens (including phenoxy) is 2. The highest BCUT2D eigenvalue weighted by molar-refractivity contribution is 14.1. The molecule has 1 spiro atoms. The van der Waals surface area contributed by atoms with Crippen LogP contribution in [0.5, 0.6) is 11.5 Å². The van der Waals surface area contributed by atoms with E-state index in [1.54, 1.807) is 42.5 Å². The number of halogens is 6. The molecule has 7 rings (SSSR count). The van der Waals surface area contributed by atoms with Crippen molar-refractivity contribution in [3.63, 3.8) is 0 Å². The molecule has 0 atom stereocenters. The molecule has 4 aromatic carbocycles. The maximum atomic E-state index is 14.4. The van der Waals surface area contributed by atoms with Crippen LogP contribution < -0.4 is 18.9 Å². The van der Waals surface area contributed by atoms with Gasteiger partial charge in [0.2, 0.25) is 20.0 Å². The van der Waals surface area contributed by atoms with Gasteiger partial charge in [0.25, 0.3) is 0 Å². The molecule has 3 aliphatic rings. The minimum Gasteiger partial charge on any atom is -0.487 e. The van der Waals surface area contributed by atoms with Crippen LogP contribution in [0.15, 0.2) is 98.1 Å². The summed E-state index contributed by atoms with van der Waals surface area (Å²) in [6, 6.07) is 14.2. The summed E-state index contributed by atoms with van der Waals surface area (Å²) in [5.41, 5.74) is 1.59. The van der Waals surface area contributed by atoms with Gasteiger partial charge in [0.05, 0.1) is 20.9 Å². The number of nitrogens with one attached hydrogen (secondary N) is 2. The third-order valence-corrected chi connectivity index (χ3v) is 15.9. The average molecular weight is 1060 g/mol. The van der Waals surface area contributed by atoms with Gasteiger partial charge >= 0.3 is 0 Å². The highest BCUT2D eigenvalue weighted by atomic mass is 127. The summed E-state index contributed by atoms with van der Waals surface area (Å²) in [5, 5.41) is 0. The van der Waals surface area contributed by atoms with E-state index >= 15 is 0 Å². The molecule has 2 N–H and O–H groups in total. The number of allylic oxidation sites excluding steroid dienone is 2. The third kappa shape index (κ3) is 10.0. The summed E-state index contributed by atoms with van der Waals surface area (Å²) >= 11 is 4.01. The van der Waals surface area contributed by atoms with Crippen LogP contribution in [0.25, 0.3) is 0 Å². The van der Waals surface area contributed by atoms with Gasteiger partial charge in [0, 0.05) is 32.1 Å². The minimum atomic E-state index is -3.80. The normalized spacial score (nSPS) is 17.6. The average Bonchev–Trinajstić information content (AvgIpc) is 4.09. The monoisotopic (exact) mass is 1060 g/mol. The molecule has 308 valence electrons. The van der Waals surface area contributed by atoms with E-state index in [1.165, 1.54) is 30.3 Å². The molecule has 16 heteroatoms. The molecule has 0 bridgehead atoms. The Morgan fingerprint density at radius 2 is 1.41 bits per heavy atom. The number of benzene rings is 4. The second-order valence-corrected chi connectivity index (χ2v) is 21.0. The van der Waals surface area contributed by atoms with Gasteiger partial charge in [0.15, 0.2) is 0 Å². The van der Waals surface area contributed by atoms with Gasteiger partial charge in [0.1, 0.15) is 48.0 Å². The van der Waals surface area contributed by atoms with Crippen LogP contribution in [0.2, 0.25) is 0 Å². The zero-order valence-electron chi connectivity index (χ0n) is 31.1. The van der Waals surface area contributed by atoms with Crippen molar-refractivity contribution in [3.05, 3.63) is 151 Å². The maximum absolute atomic E-state index is 14.4. The first-order valence-electron chi connectivity index (χ1n) is 18.2. The molecule has 0 aromatic heterocycles. The van der Waals surface area contributed by atoms with Crippen molar-refractivity contribution in [1.29, 1.82) is 0 Å². The number of hydrogen-bond acceptors (Lipinski definition) is 6. The first-order chi connectivity index (χ1) is 27.5. The second-order valence-electron chi connectivity index (χ2n) is 14.4. The zero-order valence-corrected chi connectivity index (χ0v) is 37.0. The largest absolute Gasteiger partial charge is 0.487 e. The maximum Gasteiger partial charge on any atom is 0.238 e. The fourth-order valence-electron chi connectivity index (χ4n) is 6.60. The standard InChI is InChI=1S/C22H22F2INO3S.C20H18F2INO3S/c1-3-7-22(8-9-22)30(27,28)26-21-16(11-15-5-6-18(25)14-19(15)24)12-17(23)13-20(21)29-10-4-2;21-15-10-14(9-13-3-4-16(23)12-17(13)22)19-18(11-15)27-8-2-1-5-20(6-7-20)28(25,26)24-19/h3-6,12-14,26H,1-2,7-11H2;1-4,10-12,24H,5-9H2/b;2-1+. The molecule has 0 radical (unpaired) electrons. The van der Waals surface area contributed by atoms with Crippen LogP contribution in [-0.4, -0.2) is 39.5 Å². The van der Waals surface area contributed by atoms with E-state index in [0.29, 0.717) is 55.2 Å². The van der Waals surface area contributed by atoms with Gasteiger partial charge in [-0.25, -0.2) is 34.4 Å².